The van der Waals surface area contributed by atoms with E-state index in [0.29, 0.717) is 56.5 Å². The van der Waals surface area contributed by atoms with Gasteiger partial charge in [0.25, 0.3) is 11.8 Å². The van der Waals surface area contributed by atoms with Crippen molar-refractivity contribution >= 4 is 68.8 Å². The molecule has 0 radical (unpaired) electrons. The number of ether oxygens (including phenoxy) is 2. The Bertz CT molecular complexity index is 3220. The van der Waals surface area contributed by atoms with Crippen molar-refractivity contribution in [3.05, 3.63) is 97.6 Å². The molecule has 1 atom stereocenters. The van der Waals surface area contributed by atoms with Gasteiger partial charge in [-0.05, 0) is 87.0 Å². The molecule has 2 amide bonds. The number of rotatable bonds is 16. The number of methoxy groups -OCH3 is 1. The van der Waals surface area contributed by atoms with Gasteiger partial charge in [-0.3, -0.25) is 19.2 Å². The number of primary amides is 2. The van der Waals surface area contributed by atoms with E-state index in [-0.39, 0.29) is 94.3 Å². The molecule has 2 aromatic carbocycles. The lowest BCUT2D eigenvalue weighted by Gasteiger charge is -2.39. The van der Waals surface area contributed by atoms with E-state index >= 15 is 0 Å². The fourth-order valence-corrected chi connectivity index (χ4v) is 9.75. The van der Waals surface area contributed by atoms with Gasteiger partial charge in [-0.1, -0.05) is 18.2 Å². The minimum Gasteiger partial charge on any atom is -0.495 e. The summed E-state index contributed by atoms with van der Waals surface area (Å²) in [6, 6.07) is 13.2. The summed E-state index contributed by atoms with van der Waals surface area (Å²) >= 11 is 0. The first-order chi connectivity index (χ1) is 36.1. The van der Waals surface area contributed by atoms with Crippen LogP contribution in [0.3, 0.4) is 0 Å². The molecule has 9 rings (SSSR count). The van der Waals surface area contributed by atoms with Crippen molar-refractivity contribution in [3.63, 3.8) is 0 Å². The first kappa shape index (κ1) is 54.7. The second-order valence-corrected chi connectivity index (χ2v) is 18.9. The summed E-state index contributed by atoms with van der Waals surface area (Å²) in [4.78, 5) is 70.5. The number of nitrogens with two attached hydrogens (primary N) is 4. The molecule has 1 unspecified atom stereocenters. The maximum Gasteiger partial charge on any atom is 0.390 e. The number of aromatic nitrogens is 6. The summed E-state index contributed by atoms with van der Waals surface area (Å²) in [6.07, 6.45) is -4.20. The number of anilines is 6. The van der Waals surface area contributed by atoms with E-state index in [4.69, 9.17) is 32.4 Å². The number of carbonyl (C=O) groups excluding carboxylic acids is 2. The molecular weight excluding hydrogens is 1010 g/mol. The monoisotopic (exact) mass is 1060 g/mol. The smallest absolute Gasteiger partial charge is 0.390 e. The summed E-state index contributed by atoms with van der Waals surface area (Å²) in [6.45, 7) is 5.48. The van der Waals surface area contributed by atoms with Crippen LogP contribution < -0.4 is 49.2 Å². The number of hydrogen-bond acceptors (Lipinski definition) is 16. The van der Waals surface area contributed by atoms with Crippen molar-refractivity contribution in [2.75, 3.05) is 75.1 Å². The first-order valence-electron chi connectivity index (χ1n) is 24.6. The molecule has 4 aromatic heterocycles. The van der Waals surface area contributed by atoms with Gasteiger partial charge >= 0.3 is 12.4 Å². The van der Waals surface area contributed by atoms with Crippen LogP contribution in [0.2, 0.25) is 0 Å². The Labute approximate surface area is 430 Å². The Balaban J connectivity index is 0.000000206. The molecule has 3 aliphatic heterocycles. The molecule has 406 valence electrons. The lowest BCUT2D eigenvalue weighted by atomic mass is 9.89. The number of fused-ring (bicyclic) bond motifs is 2. The minimum atomic E-state index is -4.15. The van der Waals surface area contributed by atoms with Crippen molar-refractivity contribution in [1.82, 2.24) is 38.9 Å². The number of benzene rings is 2. The summed E-state index contributed by atoms with van der Waals surface area (Å²) in [5.41, 5.74) is 25.1. The van der Waals surface area contributed by atoms with E-state index in [1.54, 1.807) is 16.4 Å². The number of likely N-dealkylation sites (tertiary alicyclic amines) is 2. The fraction of sp³-hybridized carbons (Fsp3) is 0.440. The third kappa shape index (κ3) is 12.6. The largest absolute Gasteiger partial charge is 0.495 e. The quantitative estimate of drug-likeness (QED) is 0.0595. The molecule has 10 N–H and O–H groups in total. The normalized spacial score (nSPS) is 16.8. The van der Waals surface area contributed by atoms with E-state index in [2.05, 4.69) is 30.6 Å². The number of hydrogen-bond donors (Lipinski definition) is 6. The van der Waals surface area contributed by atoms with Crippen LogP contribution in [0.15, 0.2) is 64.4 Å². The molecule has 3 fully saturated rings. The van der Waals surface area contributed by atoms with Gasteiger partial charge in [-0.15, -0.1) is 0 Å². The van der Waals surface area contributed by atoms with E-state index < -0.39 is 47.9 Å². The van der Waals surface area contributed by atoms with E-state index in [0.717, 1.165) is 36.8 Å². The van der Waals surface area contributed by atoms with Gasteiger partial charge in [0, 0.05) is 63.3 Å². The number of nitrogens with one attached hydrogen (secondary N) is 2. The first-order valence-corrected chi connectivity index (χ1v) is 24.6. The summed E-state index contributed by atoms with van der Waals surface area (Å²) in [5.74, 6) is -0.632. The summed E-state index contributed by atoms with van der Waals surface area (Å²) in [5, 5.41) is 6.44. The average Bonchev–Trinajstić information content (AvgIpc) is 3.90. The molecule has 3 saturated heterocycles. The van der Waals surface area contributed by atoms with Gasteiger partial charge in [0.15, 0.2) is 11.3 Å². The highest BCUT2D eigenvalue weighted by molar-refractivity contribution is 6.01. The van der Waals surface area contributed by atoms with E-state index in [9.17, 15) is 45.5 Å². The highest BCUT2D eigenvalue weighted by Crippen LogP contribution is 2.36. The van der Waals surface area contributed by atoms with Crippen LogP contribution in [0.5, 0.6) is 5.75 Å². The number of carbonyl (C=O) groups is 2. The number of amides is 2. The molecule has 3 aliphatic rings. The Morgan fingerprint density at radius 1 is 0.737 bits per heavy atom. The molecule has 76 heavy (non-hydrogen) atoms. The van der Waals surface area contributed by atoms with Crippen molar-refractivity contribution < 1.29 is 45.4 Å². The topological polar surface area (TPSA) is 283 Å². The predicted octanol–water partition coefficient (Wildman–Crippen LogP) is 6.12. The zero-order valence-electron chi connectivity index (χ0n) is 41.6. The maximum atomic E-state index is 13.0. The van der Waals surface area contributed by atoms with Crippen LogP contribution in [0.4, 0.5) is 61.2 Å². The number of nitrogen functional groups attached to an aromatic ring is 2. The van der Waals surface area contributed by atoms with Crippen LogP contribution in [-0.4, -0.2) is 122 Å². The van der Waals surface area contributed by atoms with Crippen molar-refractivity contribution in [3.8, 4) is 5.75 Å². The second-order valence-electron chi connectivity index (χ2n) is 18.9. The van der Waals surface area contributed by atoms with Crippen LogP contribution >= 0.6 is 0 Å². The minimum absolute atomic E-state index is 0.0190. The van der Waals surface area contributed by atoms with Gasteiger partial charge in [-0.25, -0.2) is 9.97 Å². The number of piperidine rings is 1. The fourth-order valence-electron chi connectivity index (χ4n) is 9.75. The second kappa shape index (κ2) is 22.7. The lowest BCUT2D eigenvalue weighted by Crippen LogP contribution is -2.46. The molecule has 7 heterocycles. The molecule has 0 spiro atoms. The SMILES string of the molecule is CCn1c(N)c(C(N)=O)c(=O)c2cnc(Nc3ccc(C4CN(CCC(F)(F)F)C4)cc3)nc21.COc1cc(C2CCN(CCC(F)(F)F)CC2)ccc1Nc1ncc2c(=O)c(C(N)=O)c(N)n(CC3CCCO3)c2n1. The molecule has 26 heteroatoms. The van der Waals surface area contributed by atoms with E-state index in [1.807, 2.05) is 47.4 Å². The van der Waals surface area contributed by atoms with Crippen molar-refractivity contribution in [2.45, 2.75) is 88.8 Å². The summed E-state index contributed by atoms with van der Waals surface area (Å²) in [7, 11) is 1.54. The van der Waals surface area contributed by atoms with Gasteiger partial charge < -0.3 is 62.0 Å². The standard InChI is InChI=1S/C28H34F3N7O4.C22H24F3N7O2/c1-41-21-13-17(16-6-9-37(10-7-16)11-8-28(29,30)31)4-5-20(21)35-27-34-14-19-23(39)22(25(33)40)24(32)38(26(19)36-27)15-18-3-2-12-42-18;1-2-32-18(26)16(19(27)34)17(33)15-9-28-21(30-20(15)32)29-14-5-3-12(4-6-14)13-10-31(11-13)8-7-22(23,24)25/h4-5,13-14,16,18H,2-3,6-12,15,32H2,1H3,(H2,33,40)(H,34,35,36);3-6,9,13H,2,7-8,10-11,26H2,1H3,(H2,27,34)(H,28,29,30). The zero-order chi connectivity index (χ0) is 54.6. The number of aryl methyl sites for hydroxylation is 1. The van der Waals surface area contributed by atoms with Gasteiger partial charge in [0.1, 0.15) is 28.5 Å². The van der Waals surface area contributed by atoms with Gasteiger partial charge in [-0.2, -0.15) is 36.3 Å². The molecule has 0 saturated carbocycles. The molecular formula is C50H58F6N14O6. The van der Waals surface area contributed by atoms with Crippen LogP contribution in [0, 0.1) is 0 Å². The highest BCUT2D eigenvalue weighted by atomic mass is 19.4. The molecule has 0 aliphatic carbocycles. The number of halogens is 6. The van der Waals surface area contributed by atoms with Crippen LogP contribution in [-0.2, 0) is 17.8 Å². The Morgan fingerprint density at radius 2 is 1.28 bits per heavy atom. The Morgan fingerprint density at radius 3 is 1.80 bits per heavy atom. The Kier molecular flexibility index (Phi) is 16.3. The highest BCUT2D eigenvalue weighted by Gasteiger charge is 2.34. The molecule has 0 bridgehead atoms. The number of pyridine rings is 2. The zero-order valence-corrected chi connectivity index (χ0v) is 41.6. The number of alkyl halides is 6. The third-order valence-corrected chi connectivity index (χ3v) is 13.9. The van der Waals surface area contributed by atoms with Gasteiger partial charge in [0.05, 0.1) is 49.1 Å². The lowest BCUT2D eigenvalue weighted by molar-refractivity contribution is -0.140. The van der Waals surface area contributed by atoms with Crippen molar-refractivity contribution in [2.24, 2.45) is 11.5 Å². The maximum absolute atomic E-state index is 13.0. The van der Waals surface area contributed by atoms with E-state index in [1.165, 1.54) is 24.1 Å². The third-order valence-electron chi connectivity index (χ3n) is 13.9. The Hall–Kier alpha value is -7.58. The predicted molar refractivity (Wildman–Crippen MR) is 273 cm³/mol. The molecule has 20 nitrogen and oxygen atoms in total. The average molecular weight is 1070 g/mol. The van der Waals surface area contributed by atoms with Crippen LogP contribution in [0.1, 0.15) is 89.1 Å². The van der Waals surface area contributed by atoms with Crippen LogP contribution in [0.25, 0.3) is 22.1 Å². The summed E-state index contributed by atoms with van der Waals surface area (Å²) < 4.78 is 89.3. The van der Waals surface area contributed by atoms with Crippen molar-refractivity contribution in [1.29, 1.82) is 0 Å². The number of nitrogens with zero attached hydrogens (tertiary/aromatic N) is 8. The van der Waals surface area contributed by atoms with Gasteiger partial charge in [0.2, 0.25) is 22.8 Å². The molecule has 6 aromatic rings.